The lowest BCUT2D eigenvalue weighted by atomic mass is 10.1. The van der Waals surface area contributed by atoms with Crippen LogP contribution in [0.5, 0.6) is 0 Å². The molecule has 7 heteroatoms. The van der Waals surface area contributed by atoms with E-state index in [0.717, 1.165) is 44.8 Å². The number of nitrogens with one attached hydrogen (secondary N) is 1. The summed E-state index contributed by atoms with van der Waals surface area (Å²) >= 11 is 0. The quantitative estimate of drug-likeness (QED) is 0.670. The van der Waals surface area contributed by atoms with Crippen LogP contribution in [0, 0.1) is 0 Å². The summed E-state index contributed by atoms with van der Waals surface area (Å²) in [6.45, 7) is 5.55. The van der Waals surface area contributed by atoms with Crippen molar-refractivity contribution in [1.82, 2.24) is 10.2 Å². The van der Waals surface area contributed by atoms with Crippen molar-refractivity contribution in [1.29, 1.82) is 0 Å². The molecule has 0 bridgehead atoms. The first-order valence-electron chi connectivity index (χ1n) is 9.34. The van der Waals surface area contributed by atoms with E-state index in [2.05, 4.69) is 39.4 Å². The average molecular weight is 425 g/mol. The van der Waals surface area contributed by atoms with Gasteiger partial charge in [0.15, 0.2) is 0 Å². The second-order valence-electron chi connectivity index (χ2n) is 6.76. The molecule has 0 spiro atoms. The number of hydrogen-bond acceptors (Lipinski definition) is 4. The minimum Gasteiger partial charge on any atom is -0.399 e. The van der Waals surface area contributed by atoms with Crippen molar-refractivity contribution in [3.63, 3.8) is 0 Å². The molecule has 1 saturated heterocycles. The molecule has 0 radical (unpaired) electrons. The normalized spacial score (nSPS) is 13.9. The maximum Gasteiger partial charge on any atom is 0.221 e. The summed E-state index contributed by atoms with van der Waals surface area (Å²) in [5.74, 6) is 0.130. The minimum absolute atomic E-state index is 0. The van der Waals surface area contributed by atoms with Crippen molar-refractivity contribution in [2.45, 2.75) is 12.8 Å². The highest BCUT2D eigenvalue weighted by molar-refractivity contribution is 5.85. The van der Waals surface area contributed by atoms with Gasteiger partial charge < -0.3 is 16.0 Å². The van der Waals surface area contributed by atoms with Crippen molar-refractivity contribution < 1.29 is 4.79 Å². The highest BCUT2D eigenvalue weighted by Crippen LogP contribution is 2.15. The SMILES string of the molecule is Cl.Cl.Nc1ccc(CCNC(=O)CCN2CCN(c3ccccc3)CC2)cc1. The first-order valence-corrected chi connectivity index (χ1v) is 9.34. The molecule has 28 heavy (non-hydrogen) atoms. The van der Waals surface area contributed by atoms with Gasteiger partial charge in [0.25, 0.3) is 0 Å². The standard InChI is InChI=1S/C21H28N4O.2ClH/c22-19-8-6-18(7-9-19)10-12-23-21(26)11-13-24-14-16-25(17-15-24)20-4-2-1-3-5-20;;/h1-9H,10-17,22H2,(H,23,26);2*1H. The predicted molar refractivity (Wildman–Crippen MR) is 122 cm³/mol. The third kappa shape index (κ3) is 7.58. The van der Waals surface area contributed by atoms with Gasteiger partial charge in [0, 0.05) is 57.1 Å². The lowest BCUT2D eigenvalue weighted by molar-refractivity contribution is -0.121. The first kappa shape index (κ1) is 24.1. The van der Waals surface area contributed by atoms with Gasteiger partial charge in [0.1, 0.15) is 0 Å². The highest BCUT2D eigenvalue weighted by atomic mass is 35.5. The molecule has 0 unspecified atom stereocenters. The van der Waals surface area contributed by atoms with Gasteiger partial charge in [-0.2, -0.15) is 0 Å². The summed E-state index contributed by atoms with van der Waals surface area (Å²) in [4.78, 5) is 16.8. The Morgan fingerprint density at radius 1 is 0.929 bits per heavy atom. The summed E-state index contributed by atoms with van der Waals surface area (Å²) < 4.78 is 0. The van der Waals surface area contributed by atoms with Crippen LogP contribution in [0.2, 0.25) is 0 Å². The molecule has 2 aromatic rings. The summed E-state index contributed by atoms with van der Waals surface area (Å²) in [6, 6.07) is 18.3. The van der Waals surface area contributed by atoms with Crippen molar-refractivity contribution in [3.05, 3.63) is 60.2 Å². The molecule has 3 N–H and O–H groups in total. The molecule has 1 amide bonds. The van der Waals surface area contributed by atoms with Crippen LogP contribution in [0.4, 0.5) is 11.4 Å². The van der Waals surface area contributed by atoms with Gasteiger partial charge in [-0.15, -0.1) is 24.8 Å². The van der Waals surface area contributed by atoms with E-state index in [0.29, 0.717) is 13.0 Å². The fourth-order valence-electron chi connectivity index (χ4n) is 3.25. The lowest BCUT2D eigenvalue weighted by Crippen LogP contribution is -2.47. The molecular weight excluding hydrogens is 395 g/mol. The first-order chi connectivity index (χ1) is 12.7. The highest BCUT2D eigenvalue weighted by Gasteiger charge is 2.17. The minimum atomic E-state index is 0. The number of rotatable bonds is 7. The van der Waals surface area contributed by atoms with Crippen LogP contribution in [0.15, 0.2) is 54.6 Å². The van der Waals surface area contributed by atoms with Crippen LogP contribution in [-0.4, -0.2) is 50.1 Å². The van der Waals surface area contributed by atoms with Crippen LogP contribution in [0.3, 0.4) is 0 Å². The van der Waals surface area contributed by atoms with Gasteiger partial charge >= 0.3 is 0 Å². The molecule has 1 aliphatic heterocycles. The van der Waals surface area contributed by atoms with Crippen LogP contribution >= 0.6 is 24.8 Å². The molecule has 1 heterocycles. The van der Waals surface area contributed by atoms with Crippen LogP contribution in [0.25, 0.3) is 0 Å². The number of benzene rings is 2. The van der Waals surface area contributed by atoms with E-state index < -0.39 is 0 Å². The number of nitrogens with zero attached hydrogens (tertiary/aromatic N) is 2. The van der Waals surface area contributed by atoms with Crippen molar-refractivity contribution >= 4 is 42.1 Å². The van der Waals surface area contributed by atoms with E-state index >= 15 is 0 Å². The molecule has 5 nitrogen and oxygen atoms in total. The zero-order valence-corrected chi connectivity index (χ0v) is 17.7. The van der Waals surface area contributed by atoms with Gasteiger partial charge in [-0.1, -0.05) is 30.3 Å². The zero-order valence-electron chi connectivity index (χ0n) is 16.0. The van der Waals surface area contributed by atoms with Crippen LogP contribution < -0.4 is 16.0 Å². The maximum atomic E-state index is 12.0. The van der Waals surface area contributed by atoms with Crippen LogP contribution in [-0.2, 0) is 11.2 Å². The molecule has 0 aliphatic carbocycles. The Labute approximate surface area is 180 Å². The number of nitrogens with two attached hydrogens (primary N) is 1. The van der Waals surface area contributed by atoms with E-state index in [1.165, 1.54) is 11.3 Å². The smallest absolute Gasteiger partial charge is 0.221 e. The lowest BCUT2D eigenvalue weighted by Gasteiger charge is -2.36. The number of piperazine rings is 1. The second-order valence-corrected chi connectivity index (χ2v) is 6.76. The topological polar surface area (TPSA) is 61.6 Å². The predicted octanol–water partition coefficient (Wildman–Crippen LogP) is 2.98. The Bertz CT molecular complexity index is 689. The Kier molecular flexibility index (Phi) is 10.8. The number of nitrogen functional groups attached to an aromatic ring is 1. The molecule has 1 fully saturated rings. The van der Waals surface area contributed by atoms with Gasteiger partial charge in [0.2, 0.25) is 5.91 Å². The summed E-state index contributed by atoms with van der Waals surface area (Å²) in [7, 11) is 0. The van der Waals surface area contributed by atoms with Crippen molar-refractivity contribution in [2.24, 2.45) is 0 Å². The molecule has 3 rings (SSSR count). The van der Waals surface area contributed by atoms with Crippen LogP contribution in [0.1, 0.15) is 12.0 Å². The number of carbonyl (C=O) groups excluding carboxylic acids is 1. The third-order valence-corrected chi connectivity index (χ3v) is 4.86. The average Bonchev–Trinajstić information content (AvgIpc) is 2.69. The fraction of sp³-hybridized carbons (Fsp3) is 0.381. The summed E-state index contributed by atoms with van der Waals surface area (Å²) in [5.41, 5.74) is 8.92. The van der Waals surface area contributed by atoms with Gasteiger partial charge in [-0.05, 0) is 36.2 Å². The number of anilines is 2. The number of hydrogen-bond donors (Lipinski definition) is 2. The Hall–Kier alpha value is -1.95. The van der Waals surface area contributed by atoms with Gasteiger partial charge in [0.05, 0.1) is 0 Å². The zero-order chi connectivity index (χ0) is 18.2. The van der Waals surface area contributed by atoms with Gasteiger partial charge in [-0.25, -0.2) is 0 Å². The van der Waals surface area contributed by atoms with E-state index in [-0.39, 0.29) is 30.7 Å². The molecule has 0 atom stereocenters. The summed E-state index contributed by atoms with van der Waals surface area (Å²) in [5, 5.41) is 3.01. The second kappa shape index (κ2) is 12.5. The Morgan fingerprint density at radius 3 is 2.21 bits per heavy atom. The summed E-state index contributed by atoms with van der Waals surface area (Å²) in [6.07, 6.45) is 1.40. The molecular formula is C21H30Cl2N4O. The largest absolute Gasteiger partial charge is 0.399 e. The van der Waals surface area contributed by atoms with E-state index in [9.17, 15) is 4.79 Å². The molecule has 2 aromatic carbocycles. The van der Waals surface area contributed by atoms with Gasteiger partial charge in [-0.3, -0.25) is 9.69 Å². The molecule has 0 aromatic heterocycles. The molecule has 1 aliphatic rings. The van der Waals surface area contributed by atoms with Crippen molar-refractivity contribution in [2.75, 3.05) is 49.9 Å². The number of para-hydroxylation sites is 1. The van der Waals surface area contributed by atoms with Crippen molar-refractivity contribution in [3.8, 4) is 0 Å². The number of amides is 1. The maximum absolute atomic E-state index is 12.0. The Balaban J connectivity index is 0.00000196. The molecule has 0 saturated carbocycles. The van der Waals surface area contributed by atoms with E-state index in [4.69, 9.17) is 5.73 Å². The third-order valence-electron chi connectivity index (χ3n) is 4.86. The molecule has 154 valence electrons. The number of carbonyl (C=O) groups is 1. The van der Waals surface area contributed by atoms with E-state index in [1.807, 2.05) is 30.3 Å². The monoisotopic (exact) mass is 424 g/mol. The fourth-order valence-corrected chi connectivity index (χ4v) is 3.25. The number of halogens is 2. The van der Waals surface area contributed by atoms with E-state index in [1.54, 1.807) is 0 Å². The Morgan fingerprint density at radius 2 is 1.57 bits per heavy atom.